The molecule has 4 unspecified atom stereocenters. The van der Waals surface area contributed by atoms with Gasteiger partial charge < -0.3 is 19.6 Å². The average molecular weight is 628 g/mol. The average Bonchev–Trinajstić information content (AvgIpc) is 3.48. The molecule has 3 saturated heterocycles. The molecular weight excluding hydrogens is 580 g/mol. The lowest BCUT2D eigenvalue weighted by atomic mass is 9.71. The molecule has 3 heterocycles. The molecule has 1 N–H and O–H groups in total. The van der Waals surface area contributed by atoms with E-state index in [0.29, 0.717) is 26.0 Å². The second-order valence-corrected chi connectivity index (χ2v) is 14.5. The molecule has 0 radical (unpaired) electrons. The van der Waals surface area contributed by atoms with Gasteiger partial charge in [-0.3, -0.25) is 14.4 Å². The predicted molar refractivity (Wildman–Crippen MR) is 161 cm³/mol. The normalized spacial score (nSPS) is 30.8. The van der Waals surface area contributed by atoms with E-state index in [-0.39, 0.29) is 46.4 Å². The molecule has 3 rings (SSSR count). The van der Waals surface area contributed by atoms with Crippen LogP contribution in [-0.2, 0) is 19.1 Å². The van der Waals surface area contributed by atoms with E-state index in [1.807, 2.05) is 31.7 Å². The number of thioether (sulfide) groups is 1. The van der Waals surface area contributed by atoms with Crippen molar-refractivity contribution in [2.24, 2.45) is 17.8 Å². The fraction of sp³-hybridized carbons (Fsp3) is 0.767. The summed E-state index contributed by atoms with van der Waals surface area (Å²) >= 11 is 5.42. The Kier molecular flexibility index (Phi) is 11.6. The molecule has 8 atom stereocenters. The van der Waals surface area contributed by atoms with Crippen LogP contribution in [0.3, 0.4) is 0 Å². The summed E-state index contributed by atoms with van der Waals surface area (Å²) in [5, 5.41) is 10.3. The number of carbonyl (C=O) groups excluding carboxylic acids is 3. The van der Waals surface area contributed by atoms with Crippen molar-refractivity contribution >= 4 is 45.5 Å². The minimum Gasteiger partial charge on any atom is -0.465 e. The van der Waals surface area contributed by atoms with E-state index in [1.54, 1.807) is 22.7 Å². The Morgan fingerprint density at radius 3 is 2.59 bits per heavy atom. The summed E-state index contributed by atoms with van der Waals surface area (Å²) < 4.78 is 4.97. The zero-order valence-electron chi connectivity index (χ0n) is 24.0. The van der Waals surface area contributed by atoms with E-state index >= 15 is 0 Å². The molecule has 2 amide bonds. The minimum absolute atomic E-state index is 0.0151. The number of alkyl halides is 1. The van der Waals surface area contributed by atoms with Crippen molar-refractivity contribution in [1.82, 2.24) is 9.80 Å². The number of aliphatic hydroxyl groups is 1. The van der Waals surface area contributed by atoms with Gasteiger partial charge in [-0.15, -0.1) is 24.9 Å². The maximum Gasteiger partial charge on any atom is 0.310 e. The first-order valence-electron chi connectivity index (χ1n) is 14.5. The van der Waals surface area contributed by atoms with Gasteiger partial charge in [-0.25, -0.2) is 0 Å². The van der Waals surface area contributed by atoms with Crippen LogP contribution >= 0.6 is 27.7 Å². The number of carbonyl (C=O) groups is 3. The van der Waals surface area contributed by atoms with Gasteiger partial charge in [-0.2, -0.15) is 0 Å². The highest BCUT2D eigenvalue weighted by Gasteiger charge is 2.76. The van der Waals surface area contributed by atoms with Crippen molar-refractivity contribution < 1.29 is 24.2 Å². The number of halogens is 1. The molecule has 7 nitrogen and oxygen atoms in total. The summed E-state index contributed by atoms with van der Waals surface area (Å²) in [5.74, 6) is -1.71. The number of nitrogens with zero attached hydrogens (tertiary/aromatic N) is 2. The van der Waals surface area contributed by atoms with Crippen molar-refractivity contribution in [3.63, 3.8) is 0 Å². The number of allylic oxidation sites excluding steroid dienone is 1. The van der Waals surface area contributed by atoms with E-state index in [1.165, 1.54) is 0 Å². The van der Waals surface area contributed by atoms with Crippen molar-refractivity contribution in [2.45, 2.75) is 106 Å². The van der Waals surface area contributed by atoms with E-state index in [9.17, 15) is 19.5 Å². The first-order chi connectivity index (χ1) is 18.6. The number of unbranched alkanes of at least 4 members (excludes halogenated alkanes) is 2. The lowest BCUT2D eigenvalue weighted by Gasteiger charge is -2.41. The molecule has 3 aliphatic rings. The van der Waals surface area contributed by atoms with Crippen LogP contribution in [0, 0.1) is 17.8 Å². The zero-order valence-corrected chi connectivity index (χ0v) is 26.4. The summed E-state index contributed by atoms with van der Waals surface area (Å²) in [6.07, 6.45) is 9.02. The van der Waals surface area contributed by atoms with Crippen LogP contribution in [0.5, 0.6) is 0 Å². The Hall–Kier alpha value is -1.32. The first kappa shape index (κ1) is 32.2. The second-order valence-electron chi connectivity index (χ2n) is 11.7. The van der Waals surface area contributed by atoms with Crippen LogP contribution in [0.1, 0.15) is 72.6 Å². The van der Waals surface area contributed by atoms with Crippen LogP contribution in [0.4, 0.5) is 0 Å². The van der Waals surface area contributed by atoms with E-state index < -0.39 is 28.7 Å². The third kappa shape index (κ3) is 6.30. The van der Waals surface area contributed by atoms with Crippen molar-refractivity contribution in [3.8, 4) is 0 Å². The maximum atomic E-state index is 14.5. The van der Waals surface area contributed by atoms with Gasteiger partial charge in [-0.05, 0) is 51.4 Å². The Labute approximate surface area is 247 Å². The molecule has 9 heteroatoms. The SMILES string of the molecule is C=CCCCCOC(=O)[C@H]1[C@H]2C(=O)N([C@@H](CO)CC(C)C)C(C(=O)N(CC=C)C(C)CCC)C23CC(Br)[C@@H]1S3. The fourth-order valence-corrected chi connectivity index (χ4v) is 10.4. The smallest absolute Gasteiger partial charge is 0.310 e. The minimum atomic E-state index is -0.759. The van der Waals surface area contributed by atoms with Crippen molar-refractivity contribution in [1.29, 1.82) is 0 Å². The molecule has 39 heavy (non-hydrogen) atoms. The van der Waals surface area contributed by atoms with Gasteiger partial charge in [0.25, 0.3) is 0 Å². The Morgan fingerprint density at radius 2 is 2.00 bits per heavy atom. The molecule has 0 aromatic heterocycles. The lowest BCUT2D eigenvalue weighted by Crippen LogP contribution is -2.59. The van der Waals surface area contributed by atoms with Gasteiger partial charge in [0.05, 0.1) is 35.8 Å². The van der Waals surface area contributed by atoms with Gasteiger partial charge in [0.1, 0.15) is 6.04 Å². The summed E-state index contributed by atoms with van der Waals surface area (Å²) in [5.41, 5.74) is 0. The third-order valence-corrected chi connectivity index (χ3v) is 11.7. The number of esters is 1. The van der Waals surface area contributed by atoms with E-state index in [0.717, 1.165) is 32.1 Å². The molecule has 0 aromatic carbocycles. The van der Waals surface area contributed by atoms with Crippen molar-refractivity contribution in [2.75, 3.05) is 19.8 Å². The van der Waals surface area contributed by atoms with Crippen LogP contribution in [0.2, 0.25) is 0 Å². The maximum absolute atomic E-state index is 14.5. The quantitative estimate of drug-likeness (QED) is 0.113. The second kappa shape index (κ2) is 14.0. The highest BCUT2D eigenvalue weighted by molar-refractivity contribution is 9.09. The van der Waals surface area contributed by atoms with Gasteiger partial charge in [0, 0.05) is 22.7 Å². The summed E-state index contributed by atoms with van der Waals surface area (Å²) in [4.78, 5) is 45.9. The molecule has 0 saturated carbocycles. The number of rotatable bonds is 16. The Morgan fingerprint density at radius 1 is 1.28 bits per heavy atom. The summed E-state index contributed by atoms with van der Waals surface area (Å²) in [6.45, 7) is 16.3. The highest BCUT2D eigenvalue weighted by atomic mass is 79.9. The molecular formula is C30H47BrN2O5S. The van der Waals surface area contributed by atoms with Gasteiger partial charge >= 0.3 is 5.97 Å². The number of fused-ring (bicyclic) bond motifs is 1. The number of aliphatic hydroxyl groups excluding tert-OH is 1. The molecule has 2 bridgehead atoms. The number of hydrogen-bond acceptors (Lipinski definition) is 6. The van der Waals surface area contributed by atoms with Crippen molar-refractivity contribution in [3.05, 3.63) is 25.3 Å². The largest absolute Gasteiger partial charge is 0.465 e. The number of likely N-dealkylation sites (tertiary alicyclic amines) is 1. The monoisotopic (exact) mass is 626 g/mol. The lowest BCUT2D eigenvalue weighted by molar-refractivity contribution is -0.154. The standard InChI is InChI=1S/C30H47BrN2O5S/c1-7-10-11-12-15-38-29(37)23-24-27(35)33(21(18-34)16-19(4)5)26(30(24)17-22(31)25(23)39-30)28(36)32(14-9-3)20(6)13-8-2/h7,9,19-26,34H,1,3,8,10-18H2,2,4-6H3/t20?,21-,22?,23+,24+,25+,26?,30?/m1/s1. The van der Waals surface area contributed by atoms with Crippen LogP contribution in [-0.4, -0.2) is 85.4 Å². The fourth-order valence-electron chi connectivity index (χ4n) is 6.85. The molecule has 0 aliphatic carbocycles. The van der Waals surface area contributed by atoms with Gasteiger partial charge in [0.2, 0.25) is 11.8 Å². The molecule has 3 aliphatic heterocycles. The third-order valence-electron chi connectivity index (χ3n) is 8.48. The molecule has 3 fully saturated rings. The number of ether oxygens (including phenoxy) is 1. The van der Waals surface area contributed by atoms with Crippen LogP contribution in [0.15, 0.2) is 25.3 Å². The highest BCUT2D eigenvalue weighted by Crippen LogP contribution is 2.68. The summed E-state index contributed by atoms with van der Waals surface area (Å²) in [6, 6.07) is -1.28. The van der Waals surface area contributed by atoms with Crippen LogP contribution < -0.4 is 0 Å². The zero-order chi connectivity index (χ0) is 28.9. The van der Waals surface area contributed by atoms with E-state index in [4.69, 9.17) is 4.74 Å². The Balaban J connectivity index is 2.03. The first-order valence-corrected chi connectivity index (χ1v) is 16.3. The molecule has 0 aromatic rings. The number of amides is 2. The number of hydrogen-bond donors (Lipinski definition) is 1. The summed E-state index contributed by atoms with van der Waals surface area (Å²) in [7, 11) is 0. The molecule has 220 valence electrons. The van der Waals surface area contributed by atoms with E-state index in [2.05, 4.69) is 36.0 Å². The topological polar surface area (TPSA) is 87.1 Å². The molecule has 1 spiro atoms. The van der Waals surface area contributed by atoms with Gasteiger partial charge in [-0.1, -0.05) is 55.3 Å². The van der Waals surface area contributed by atoms with Crippen LogP contribution in [0.25, 0.3) is 0 Å². The predicted octanol–water partition coefficient (Wildman–Crippen LogP) is 4.96. The van der Waals surface area contributed by atoms with Gasteiger partial charge in [0.15, 0.2) is 0 Å². The Bertz CT molecular complexity index is 916.